The predicted molar refractivity (Wildman–Crippen MR) is 74.5 cm³/mol. The summed E-state index contributed by atoms with van der Waals surface area (Å²) in [5.74, 6) is 0.355. The van der Waals surface area contributed by atoms with Gasteiger partial charge in [0.2, 0.25) is 11.6 Å². The molecule has 20 heavy (non-hydrogen) atoms. The van der Waals surface area contributed by atoms with Gasteiger partial charge in [-0.25, -0.2) is 9.97 Å². The Morgan fingerprint density at radius 1 is 1.25 bits per heavy atom. The van der Waals surface area contributed by atoms with Crippen LogP contribution >= 0.6 is 0 Å². The average Bonchev–Trinajstić information content (AvgIpc) is 2.47. The van der Waals surface area contributed by atoms with Crippen molar-refractivity contribution in [2.45, 2.75) is 13.0 Å². The molecule has 0 spiro atoms. The smallest absolute Gasteiger partial charge is 0.353 e. The first-order valence-corrected chi connectivity index (χ1v) is 5.97. The second-order valence-corrected chi connectivity index (χ2v) is 4.07. The number of anilines is 2. The summed E-state index contributed by atoms with van der Waals surface area (Å²) in [6.45, 7) is 1.89. The highest BCUT2D eigenvalue weighted by molar-refractivity contribution is 5.69. The number of aromatic nitrogens is 3. The molecule has 2 aromatic heterocycles. The molecule has 0 aliphatic heterocycles. The maximum Gasteiger partial charge on any atom is 0.353 e. The van der Waals surface area contributed by atoms with E-state index in [-0.39, 0.29) is 23.4 Å². The molecule has 0 aromatic carbocycles. The maximum atomic E-state index is 11.2. The van der Waals surface area contributed by atoms with Crippen molar-refractivity contribution in [3.63, 3.8) is 0 Å². The molecule has 0 fully saturated rings. The molecular formula is C12H14N6O2. The van der Waals surface area contributed by atoms with Gasteiger partial charge in [-0.2, -0.15) is 0 Å². The Morgan fingerprint density at radius 2 is 1.90 bits per heavy atom. The van der Waals surface area contributed by atoms with Crippen LogP contribution in [0.4, 0.5) is 17.3 Å². The van der Waals surface area contributed by atoms with Crippen LogP contribution in [0.5, 0.6) is 0 Å². The van der Waals surface area contributed by atoms with Crippen molar-refractivity contribution in [2.24, 2.45) is 0 Å². The Kier molecular flexibility index (Phi) is 4.04. The van der Waals surface area contributed by atoms with Crippen molar-refractivity contribution in [3.8, 4) is 0 Å². The molecule has 8 heteroatoms. The Labute approximate surface area is 115 Å². The van der Waals surface area contributed by atoms with Gasteiger partial charge < -0.3 is 10.6 Å². The number of rotatable bonds is 5. The van der Waals surface area contributed by atoms with E-state index in [0.29, 0.717) is 0 Å². The van der Waals surface area contributed by atoms with Crippen LogP contribution in [0.15, 0.2) is 30.9 Å². The highest BCUT2D eigenvalue weighted by Gasteiger charge is 2.23. The number of nitrogens with zero attached hydrogens (tertiary/aromatic N) is 4. The van der Waals surface area contributed by atoms with Gasteiger partial charge in [0, 0.05) is 19.4 Å². The summed E-state index contributed by atoms with van der Waals surface area (Å²) in [7, 11) is 1.57. The SMILES string of the molecule is CNc1ncnc(NC(C)c2ccncc2)c1[N+](=O)[O-]. The molecular weight excluding hydrogens is 260 g/mol. The van der Waals surface area contributed by atoms with Gasteiger partial charge in [0.05, 0.1) is 11.0 Å². The van der Waals surface area contributed by atoms with Crippen LogP contribution in [-0.4, -0.2) is 26.9 Å². The number of hydrogen-bond acceptors (Lipinski definition) is 7. The molecule has 8 nitrogen and oxygen atoms in total. The van der Waals surface area contributed by atoms with Gasteiger partial charge >= 0.3 is 5.69 Å². The van der Waals surface area contributed by atoms with E-state index in [1.165, 1.54) is 6.33 Å². The minimum atomic E-state index is -0.507. The van der Waals surface area contributed by atoms with Crippen LogP contribution in [0.25, 0.3) is 0 Å². The molecule has 2 aromatic rings. The van der Waals surface area contributed by atoms with E-state index < -0.39 is 4.92 Å². The Morgan fingerprint density at radius 3 is 2.50 bits per heavy atom. The summed E-state index contributed by atoms with van der Waals surface area (Å²) >= 11 is 0. The van der Waals surface area contributed by atoms with Crippen LogP contribution in [0.2, 0.25) is 0 Å². The van der Waals surface area contributed by atoms with Gasteiger partial charge in [-0.3, -0.25) is 15.1 Å². The van der Waals surface area contributed by atoms with E-state index in [4.69, 9.17) is 0 Å². The van der Waals surface area contributed by atoms with Crippen molar-refractivity contribution in [1.29, 1.82) is 0 Å². The molecule has 0 bridgehead atoms. The monoisotopic (exact) mass is 274 g/mol. The Bertz CT molecular complexity index is 604. The van der Waals surface area contributed by atoms with Crippen LogP contribution < -0.4 is 10.6 Å². The topological polar surface area (TPSA) is 106 Å². The van der Waals surface area contributed by atoms with E-state index in [9.17, 15) is 10.1 Å². The third-order valence-electron chi connectivity index (χ3n) is 2.80. The second-order valence-electron chi connectivity index (χ2n) is 4.07. The molecule has 0 aliphatic carbocycles. The number of nitrogens with one attached hydrogen (secondary N) is 2. The minimum Gasteiger partial charge on any atom is -0.367 e. The van der Waals surface area contributed by atoms with Gasteiger partial charge in [-0.1, -0.05) is 0 Å². The molecule has 2 heterocycles. The molecule has 2 rings (SSSR count). The summed E-state index contributed by atoms with van der Waals surface area (Å²) in [5, 5.41) is 16.9. The zero-order valence-electron chi connectivity index (χ0n) is 11.1. The molecule has 0 aliphatic rings. The lowest BCUT2D eigenvalue weighted by molar-refractivity contribution is -0.383. The quantitative estimate of drug-likeness (QED) is 0.634. The van der Waals surface area contributed by atoms with Crippen molar-refractivity contribution in [1.82, 2.24) is 15.0 Å². The van der Waals surface area contributed by atoms with E-state index in [0.717, 1.165) is 5.56 Å². The normalized spacial score (nSPS) is 11.7. The fourth-order valence-corrected chi connectivity index (χ4v) is 1.78. The molecule has 0 amide bonds. The van der Waals surface area contributed by atoms with Crippen LogP contribution in [0.3, 0.4) is 0 Å². The van der Waals surface area contributed by atoms with Gasteiger partial charge in [-0.15, -0.1) is 0 Å². The maximum absolute atomic E-state index is 11.2. The molecule has 1 atom stereocenters. The average molecular weight is 274 g/mol. The van der Waals surface area contributed by atoms with Crippen LogP contribution in [0.1, 0.15) is 18.5 Å². The summed E-state index contributed by atoms with van der Waals surface area (Å²) in [6.07, 6.45) is 4.61. The third-order valence-corrected chi connectivity index (χ3v) is 2.80. The minimum absolute atomic E-state index is 0.142. The van der Waals surface area contributed by atoms with Crippen molar-refractivity contribution >= 4 is 17.3 Å². The van der Waals surface area contributed by atoms with E-state index in [1.54, 1.807) is 19.4 Å². The van der Waals surface area contributed by atoms with Crippen molar-refractivity contribution in [3.05, 3.63) is 46.5 Å². The van der Waals surface area contributed by atoms with Gasteiger partial charge in [0.1, 0.15) is 6.33 Å². The Hall–Kier alpha value is -2.77. The van der Waals surface area contributed by atoms with E-state index in [1.807, 2.05) is 19.1 Å². The second kappa shape index (κ2) is 5.91. The first-order chi connectivity index (χ1) is 9.63. The lowest BCUT2D eigenvalue weighted by Gasteiger charge is -2.15. The molecule has 0 saturated carbocycles. The number of pyridine rings is 1. The third kappa shape index (κ3) is 2.79. The first kappa shape index (κ1) is 13.7. The largest absolute Gasteiger partial charge is 0.367 e. The summed E-state index contributed by atoms with van der Waals surface area (Å²) < 4.78 is 0. The highest BCUT2D eigenvalue weighted by atomic mass is 16.6. The van der Waals surface area contributed by atoms with Crippen LogP contribution in [0, 0.1) is 10.1 Å². The standard InChI is InChI=1S/C12H14N6O2/c1-8(9-3-5-14-6-4-9)17-12-10(18(19)20)11(13-2)15-7-16-12/h3-8H,1-2H3,(H2,13,15,16,17). The van der Waals surface area contributed by atoms with Gasteiger partial charge in [-0.05, 0) is 24.6 Å². The predicted octanol–water partition coefficient (Wildman–Crippen LogP) is 1.99. The highest BCUT2D eigenvalue weighted by Crippen LogP contribution is 2.30. The molecule has 0 radical (unpaired) electrons. The summed E-state index contributed by atoms with van der Waals surface area (Å²) in [5.41, 5.74) is 0.787. The van der Waals surface area contributed by atoms with Gasteiger partial charge in [0.25, 0.3) is 0 Å². The fourth-order valence-electron chi connectivity index (χ4n) is 1.78. The van der Waals surface area contributed by atoms with Crippen LogP contribution in [-0.2, 0) is 0 Å². The number of hydrogen-bond donors (Lipinski definition) is 2. The summed E-state index contributed by atoms with van der Waals surface area (Å²) in [4.78, 5) is 22.4. The lowest BCUT2D eigenvalue weighted by atomic mass is 10.1. The molecule has 104 valence electrons. The van der Waals surface area contributed by atoms with Crippen molar-refractivity contribution in [2.75, 3.05) is 17.7 Å². The lowest BCUT2D eigenvalue weighted by Crippen LogP contribution is -2.11. The zero-order chi connectivity index (χ0) is 14.5. The summed E-state index contributed by atoms with van der Waals surface area (Å²) in [6, 6.07) is 3.53. The van der Waals surface area contributed by atoms with E-state index >= 15 is 0 Å². The molecule has 0 saturated heterocycles. The molecule has 1 unspecified atom stereocenters. The van der Waals surface area contributed by atoms with Gasteiger partial charge in [0.15, 0.2) is 0 Å². The first-order valence-electron chi connectivity index (χ1n) is 5.97. The molecule has 2 N–H and O–H groups in total. The zero-order valence-corrected chi connectivity index (χ0v) is 11.1. The Balaban J connectivity index is 2.32. The number of nitro groups is 1. The van der Waals surface area contributed by atoms with Crippen molar-refractivity contribution < 1.29 is 4.92 Å². The van der Waals surface area contributed by atoms with E-state index in [2.05, 4.69) is 25.6 Å². The fraction of sp³-hybridized carbons (Fsp3) is 0.250.